The van der Waals surface area contributed by atoms with Gasteiger partial charge in [-0.1, -0.05) is 44.2 Å². The Hall–Kier alpha value is -2.83. The molecule has 3 nitrogen and oxygen atoms in total. The molecular formula is C20H23F4N3. The molecule has 0 radical (unpaired) electrons. The van der Waals surface area contributed by atoms with Crippen molar-refractivity contribution in [2.24, 2.45) is 10.7 Å². The highest BCUT2D eigenvalue weighted by atomic mass is 19.4. The van der Waals surface area contributed by atoms with Crippen LogP contribution in [0.1, 0.15) is 25.0 Å². The predicted octanol–water partition coefficient (Wildman–Crippen LogP) is 5.29. The van der Waals surface area contributed by atoms with E-state index in [1.165, 1.54) is 13.1 Å². The third kappa shape index (κ3) is 6.77. The molecule has 7 heteroatoms. The van der Waals surface area contributed by atoms with Gasteiger partial charge in [-0.25, -0.2) is 4.39 Å². The van der Waals surface area contributed by atoms with Crippen LogP contribution in [0.4, 0.5) is 23.2 Å². The van der Waals surface area contributed by atoms with Crippen LogP contribution in [-0.2, 0) is 6.54 Å². The molecular weight excluding hydrogens is 358 g/mol. The molecule has 0 saturated carbocycles. The first-order valence-corrected chi connectivity index (χ1v) is 8.40. The Bertz CT molecular complexity index is 779. The minimum absolute atomic E-state index is 0.121. The largest absolute Gasteiger partial charge is 0.430 e. The molecule has 0 aliphatic rings. The van der Waals surface area contributed by atoms with Gasteiger partial charge in [-0.2, -0.15) is 13.2 Å². The second-order valence-electron chi connectivity index (χ2n) is 5.23. The fraction of sp³-hybridized carbons (Fsp3) is 0.250. The molecule has 2 rings (SSSR count). The van der Waals surface area contributed by atoms with E-state index in [-0.39, 0.29) is 11.5 Å². The average Bonchev–Trinajstić information content (AvgIpc) is 2.66. The normalized spacial score (nSPS) is 12.3. The Morgan fingerprint density at radius 2 is 1.67 bits per heavy atom. The lowest BCUT2D eigenvalue weighted by Crippen LogP contribution is -2.20. The Morgan fingerprint density at radius 1 is 1.07 bits per heavy atom. The minimum Gasteiger partial charge on any atom is -0.395 e. The van der Waals surface area contributed by atoms with Crippen molar-refractivity contribution in [3.05, 3.63) is 77.2 Å². The van der Waals surface area contributed by atoms with Crippen LogP contribution in [0.5, 0.6) is 0 Å². The van der Waals surface area contributed by atoms with Gasteiger partial charge in [0.25, 0.3) is 0 Å². The first-order chi connectivity index (χ1) is 12.8. The number of hydrogen-bond donors (Lipinski definition) is 2. The van der Waals surface area contributed by atoms with E-state index < -0.39 is 11.9 Å². The summed E-state index contributed by atoms with van der Waals surface area (Å²) in [6.07, 6.45) is -3.81. The van der Waals surface area contributed by atoms with Crippen molar-refractivity contribution >= 4 is 11.4 Å². The summed E-state index contributed by atoms with van der Waals surface area (Å²) in [6, 6.07) is 13.0. The highest BCUT2D eigenvalue weighted by molar-refractivity contribution is 6.09. The topological polar surface area (TPSA) is 50.4 Å². The predicted molar refractivity (Wildman–Crippen MR) is 102 cm³/mol. The number of hydrogen-bond acceptors (Lipinski definition) is 3. The Balaban J connectivity index is 0.00000176. The summed E-state index contributed by atoms with van der Waals surface area (Å²) in [5, 5.41) is 3.05. The Morgan fingerprint density at radius 3 is 2.19 bits per heavy atom. The quantitative estimate of drug-likeness (QED) is 0.546. The fourth-order valence-corrected chi connectivity index (χ4v) is 2.10. The lowest BCUT2D eigenvalue weighted by molar-refractivity contribution is -0.0925. The van der Waals surface area contributed by atoms with Crippen molar-refractivity contribution < 1.29 is 17.6 Å². The van der Waals surface area contributed by atoms with Gasteiger partial charge in [-0.3, -0.25) is 4.99 Å². The average molecular weight is 381 g/mol. The number of nitrogens with zero attached hydrogens (tertiary/aromatic N) is 1. The lowest BCUT2D eigenvalue weighted by Gasteiger charge is -2.10. The van der Waals surface area contributed by atoms with Gasteiger partial charge in [-0.15, -0.1) is 0 Å². The third-order valence-corrected chi connectivity index (χ3v) is 3.48. The molecule has 0 unspecified atom stereocenters. The number of benzene rings is 2. The standard InChI is InChI=1S/C18H17F4N3.C2H6/c1-24-16(10-17(23)18(20,21)22)12-6-8-14(9-7-12)25-11-13-4-2-3-5-15(13)19;1-2/h2-10,25H,11,23H2,1H3;1-2H3/b17-10-,24-16?;. The summed E-state index contributed by atoms with van der Waals surface area (Å²) in [5.74, 6) is -0.306. The molecule has 0 atom stereocenters. The van der Waals surface area contributed by atoms with Gasteiger partial charge in [-0.05, 0) is 29.8 Å². The monoisotopic (exact) mass is 381 g/mol. The number of nitrogens with two attached hydrogens (primary N) is 1. The first kappa shape index (κ1) is 22.2. The van der Waals surface area contributed by atoms with Gasteiger partial charge in [0.2, 0.25) is 0 Å². The van der Waals surface area contributed by atoms with Crippen molar-refractivity contribution in [3.63, 3.8) is 0 Å². The van der Waals surface area contributed by atoms with Crippen LogP contribution in [0, 0.1) is 5.82 Å². The molecule has 0 amide bonds. The molecule has 0 aromatic heterocycles. The highest BCUT2D eigenvalue weighted by Gasteiger charge is 2.31. The molecule has 0 heterocycles. The van der Waals surface area contributed by atoms with E-state index >= 15 is 0 Å². The number of halogens is 4. The van der Waals surface area contributed by atoms with Gasteiger partial charge in [0.1, 0.15) is 11.5 Å². The molecule has 0 spiro atoms. The number of anilines is 1. The molecule has 0 fully saturated rings. The molecule has 3 N–H and O–H groups in total. The van der Waals surface area contributed by atoms with E-state index in [9.17, 15) is 17.6 Å². The van der Waals surface area contributed by atoms with Crippen LogP contribution < -0.4 is 11.1 Å². The number of allylic oxidation sites excluding steroid dienone is 2. The number of nitrogens with one attached hydrogen (secondary N) is 1. The van der Waals surface area contributed by atoms with Gasteiger partial charge >= 0.3 is 6.18 Å². The highest BCUT2D eigenvalue weighted by Crippen LogP contribution is 2.22. The number of rotatable bonds is 5. The van der Waals surface area contributed by atoms with Crippen LogP contribution in [0.25, 0.3) is 0 Å². The molecule has 146 valence electrons. The van der Waals surface area contributed by atoms with Gasteiger partial charge in [0, 0.05) is 24.8 Å². The van der Waals surface area contributed by atoms with Crippen molar-refractivity contribution in [1.29, 1.82) is 0 Å². The second-order valence-corrected chi connectivity index (χ2v) is 5.23. The molecule has 2 aromatic rings. The Kier molecular flexibility index (Phi) is 8.51. The maximum atomic E-state index is 13.6. The molecule has 0 saturated heterocycles. The molecule has 2 aromatic carbocycles. The maximum Gasteiger partial charge on any atom is 0.430 e. The minimum atomic E-state index is -4.60. The van der Waals surface area contributed by atoms with Crippen LogP contribution in [-0.4, -0.2) is 18.9 Å². The van der Waals surface area contributed by atoms with Crippen molar-refractivity contribution in [1.82, 2.24) is 0 Å². The van der Waals surface area contributed by atoms with E-state index in [0.717, 1.165) is 6.08 Å². The number of alkyl halides is 3. The smallest absolute Gasteiger partial charge is 0.395 e. The summed E-state index contributed by atoms with van der Waals surface area (Å²) < 4.78 is 51.2. The summed E-state index contributed by atoms with van der Waals surface area (Å²) in [4.78, 5) is 3.84. The summed E-state index contributed by atoms with van der Waals surface area (Å²) in [7, 11) is 1.39. The molecule has 0 aliphatic heterocycles. The van der Waals surface area contributed by atoms with E-state index in [0.29, 0.717) is 23.4 Å². The SMILES string of the molecule is CC.CN=C(/C=C(\N)C(F)(F)F)c1ccc(NCc2ccccc2F)cc1. The summed E-state index contributed by atoms with van der Waals surface area (Å²) >= 11 is 0. The van der Waals surface area contributed by atoms with E-state index in [4.69, 9.17) is 5.73 Å². The van der Waals surface area contributed by atoms with Crippen molar-refractivity contribution in [2.75, 3.05) is 12.4 Å². The van der Waals surface area contributed by atoms with E-state index in [2.05, 4.69) is 10.3 Å². The van der Waals surface area contributed by atoms with Crippen LogP contribution in [0.2, 0.25) is 0 Å². The van der Waals surface area contributed by atoms with Crippen molar-refractivity contribution in [2.45, 2.75) is 26.6 Å². The van der Waals surface area contributed by atoms with Crippen LogP contribution >= 0.6 is 0 Å². The number of aliphatic imine (C=N–C) groups is 1. The first-order valence-electron chi connectivity index (χ1n) is 8.40. The lowest BCUT2D eigenvalue weighted by atomic mass is 10.1. The van der Waals surface area contributed by atoms with Crippen LogP contribution in [0.15, 0.2) is 65.3 Å². The zero-order chi connectivity index (χ0) is 20.4. The molecule has 0 aliphatic carbocycles. The van der Waals surface area contributed by atoms with E-state index in [1.807, 2.05) is 13.8 Å². The molecule has 0 bridgehead atoms. The zero-order valence-electron chi connectivity index (χ0n) is 15.4. The fourth-order valence-electron chi connectivity index (χ4n) is 2.10. The van der Waals surface area contributed by atoms with E-state index in [1.54, 1.807) is 42.5 Å². The summed E-state index contributed by atoms with van der Waals surface area (Å²) in [6.45, 7) is 4.29. The van der Waals surface area contributed by atoms with Gasteiger partial charge in [0.05, 0.1) is 5.71 Å². The van der Waals surface area contributed by atoms with Gasteiger partial charge in [0.15, 0.2) is 0 Å². The second kappa shape index (κ2) is 10.4. The maximum absolute atomic E-state index is 13.6. The summed E-state index contributed by atoms with van der Waals surface area (Å²) in [5.41, 5.74) is 5.65. The van der Waals surface area contributed by atoms with Gasteiger partial charge < -0.3 is 11.1 Å². The van der Waals surface area contributed by atoms with Crippen LogP contribution in [0.3, 0.4) is 0 Å². The zero-order valence-corrected chi connectivity index (χ0v) is 15.4. The van der Waals surface area contributed by atoms with Crippen molar-refractivity contribution in [3.8, 4) is 0 Å². The third-order valence-electron chi connectivity index (χ3n) is 3.48. The Labute approximate surface area is 156 Å². The molecule has 27 heavy (non-hydrogen) atoms.